The standard InChI is InChI=1S/C17H15BrO3/c18-15(13-7-3-1-4-8-13)11-17(20)21-12-16(19)14-9-5-2-6-10-14/h1-10,15H,11-12H2. The Balaban J connectivity index is 1.81. The van der Waals surface area contributed by atoms with Crippen LogP contribution in [0, 0.1) is 0 Å². The van der Waals surface area contributed by atoms with Crippen molar-refractivity contribution in [3.8, 4) is 0 Å². The molecule has 1 atom stereocenters. The molecule has 0 N–H and O–H groups in total. The number of carbonyl (C=O) groups is 2. The normalized spacial score (nSPS) is 11.7. The summed E-state index contributed by atoms with van der Waals surface area (Å²) in [6.07, 6.45) is 0.187. The number of rotatable bonds is 6. The molecule has 2 aromatic rings. The molecule has 0 aliphatic heterocycles. The third-order valence-corrected chi connectivity index (χ3v) is 3.82. The molecule has 21 heavy (non-hydrogen) atoms. The van der Waals surface area contributed by atoms with Gasteiger partial charge in [0.25, 0.3) is 0 Å². The largest absolute Gasteiger partial charge is 0.457 e. The summed E-state index contributed by atoms with van der Waals surface area (Å²) in [5, 5.41) is 0. The van der Waals surface area contributed by atoms with Gasteiger partial charge in [-0.3, -0.25) is 9.59 Å². The molecule has 108 valence electrons. The number of carbonyl (C=O) groups excluding carboxylic acids is 2. The van der Waals surface area contributed by atoms with Crippen LogP contribution in [-0.2, 0) is 9.53 Å². The zero-order chi connectivity index (χ0) is 15.1. The quantitative estimate of drug-likeness (QED) is 0.452. The Morgan fingerprint density at radius 3 is 2.14 bits per heavy atom. The Hall–Kier alpha value is -1.94. The van der Waals surface area contributed by atoms with Crippen molar-refractivity contribution in [3.05, 3.63) is 71.8 Å². The van der Waals surface area contributed by atoms with E-state index in [1.165, 1.54) is 0 Å². The Morgan fingerprint density at radius 2 is 1.52 bits per heavy atom. The van der Waals surface area contributed by atoms with Gasteiger partial charge in [-0.1, -0.05) is 76.6 Å². The van der Waals surface area contributed by atoms with E-state index in [-0.39, 0.29) is 23.6 Å². The number of ketones is 1. The lowest BCUT2D eigenvalue weighted by Crippen LogP contribution is -2.15. The van der Waals surface area contributed by atoms with Gasteiger partial charge in [0.2, 0.25) is 0 Å². The van der Waals surface area contributed by atoms with Gasteiger partial charge in [-0.05, 0) is 5.56 Å². The van der Waals surface area contributed by atoms with Gasteiger partial charge >= 0.3 is 5.97 Å². The highest BCUT2D eigenvalue weighted by Gasteiger charge is 2.15. The zero-order valence-corrected chi connectivity index (χ0v) is 13.0. The van der Waals surface area contributed by atoms with Crippen LogP contribution in [0.5, 0.6) is 0 Å². The molecule has 0 spiro atoms. The van der Waals surface area contributed by atoms with Crippen LogP contribution in [0.2, 0.25) is 0 Å². The average Bonchev–Trinajstić information content (AvgIpc) is 2.54. The summed E-state index contributed by atoms with van der Waals surface area (Å²) < 4.78 is 5.03. The van der Waals surface area contributed by atoms with Crippen molar-refractivity contribution in [1.82, 2.24) is 0 Å². The maximum absolute atomic E-state index is 11.8. The first kappa shape index (κ1) is 15.4. The fraction of sp³-hybridized carbons (Fsp3) is 0.176. The maximum Gasteiger partial charge on any atom is 0.307 e. The Morgan fingerprint density at radius 1 is 0.952 bits per heavy atom. The molecule has 0 saturated heterocycles. The smallest absolute Gasteiger partial charge is 0.307 e. The third-order valence-electron chi connectivity index (χ3n) is 2.97. The van der Waals surface area contributed by atoms with E-state index in [1.54, 1.807) is 24.3 Å². The number of hydrogen-bond donors (Lipinski definition) is 0. The van der Waals surface area contributed by atoms with Gasteiger partial charge in [-0.2, -0.15) is 0 Å². The van der Waals surface area contributed by atoms with Gasteiger partial charge in [0.15, 0.2) is 12.4 Å². The zero-order valence-electron chi connectivity index (χ0n) is 11.4. The number of esters is 1. The van der Waals surface area contributed by atoms with Gasteiger partial charge in [0.05, 0.1) is 6.42 Å². The minimum Gasteiger partial charge on any atom is -0.457 e. The molecule has 0 heterocycles. The van der Waals surface area contributed by atoms with Crippen LogP contribution >= 0.6 is 15.9 Å². The molecule has 2 rings (SSSR count). The first-order valence-corrected chi connectivity index (χ1v) is 7.51. The molecule has 4 heteroatoms. The van der Waals surface area contributed by atoms with Crippen LogP contribution in [0.25, 0.3) is 0 Å². The van der Waals surface area contributed by atoms with Gasteiger partial charge in [-0.15, -0.1) is 0 Å². The van der Waals surface area contributed by atoms with Crippen molar-refractivity contribution in [2.75, 3.05) is 6.61 Å². The summed E-state index contributed by atoms with van der Waals surface area (Å²) in [6.45, 7) is -0.225. The first-order valence-electron chi connectivity index (χ1n) is 6.59. The Bertz CT molecular complexity index is 596. The lowest BCUT2D eigenvalue weighted by molar-refractivity contribution is -0.142. The van der Waals surface area contributed by atoms with Crippen LogP contribution in [-0.4, -0.2) is 18.4 Å². The predicted octanol–water partition coefficient (Wildman–Crippen LogP) is 3.94. The molecule has 0 amide bonds. The highest BCUT2D eigenvalue weighted by molar-refractivity contribution is 9.09. The third kappa shape index (κ3) is 4.83. The summed E-state index contributed by atoms with van der Waals surface area (Å²) in [7, 11) is 0. The molecule has 1 unspecified atom stereocenters. The molecular formula is C17H15BrO3. The Labute approximate surface area is 132 Å². The topological polar surface area (TPSA) is 43.4 Å². The van der Waals surface area contributed by atoms with E-state index in [2.05, 4.69) is 15.9 Å². The molecule has 0 bridgehead atoms. The highest BCUT2D eigenvalue weighted by atomic mass is 79.9. The van der Waals surface area contributed by atoms with Crippen molar-refractivity contribution < 1.29 is 14.3 Å². The first-order chi connectivity index (χ1) is 10.2. The molecule has 0 radical (unpaired) electrons. The van der Waals surface area contributed by atoms with Crippen molar-refractivity contribution in [1.29, 1.82) is 0 Å². The van der Waals surface area contributed by atoms with E-state index in [9.17, 15) is 9.59 Å². The molecule has 3 nitrogen and oxygen atoms in total. The second kappa shape index (κ2) is 7.74. The molecule has 0 saturated carbocycles. The molecule has 0 aliphatic carbocycles. The summed E-state index contributed by atoms with van der Waals surface area (Å²) in [5.41, 5.74) is 1.55. The van der Waals surface area contributed by atoms with E-state index in [1.807, 2.05) is 36.4 Å². The van der Waals surface area contributed by atoms with E-state index < -0.39 is 5.97 Å². The van der Waals surface area contributed by atoms with Crippen LogP contribution < -0.4 is 0 Å². The second-order valence-electron chi connectivity index (χ2n) is 4.53. The van der Waals surface area contributed by atoms with Crippen molar-refractivity contribution in [2.24, 2.45) is 0 Å². The van der Waals surface area contributed by atoms with Crippen molar-refractivity contribution in [3.63, 3.8) is 0 Å². The van der Waals surface area contributed by atoms with Gasteiger partial charge < -0.3 is 4.74 Å². The molecule has 0 fully saturated rings. The number of halogens is 1. The van der Waals surface area contributed by atoms with Gasteiger partial charge in [-0.25, -0.2) is 0 Å². The monoisotopic (exact) mass is 346 g/mol. The van der Waals surface area contributed by atoms with E-state index in [0.717, 1.165) is 5.56 Å². The Kier molecular flexibility index (Phi) is 5.69. The number of hydrogen-bond acceptors (Lipinski definition) is 3. The van der Waals surface area contributed by atoms with Gasteiger partial charge in [0, 0.05) is 10.4 Å². The lowest BCUT2D eigenvalue weighted by atomic mass is 10.1. The molecule has 0 aliphatic rings. The summed E-state index contributed by atoms with van der Waals surface area (Å²) in [5.74, 6) is -0.597. The number of ether oxygens (including phenoxy) is 1. The molecule has 2 aromatic carbocycles. The van der Waals surface area contributed by atoms with Crippen LogP contribution in [0.3, 0.4) is 0 Å². The number of benzene rings is 2. The minimum atomic E-state index is -0.398. The number of Topliss-reactive ketones (excluding diaryl/α,β-unsaturated/α-hetero) is 1. The SMILES string of the molecule is O=C(CC(Br)c1ccccc1)OCC(=O)c1ccccc1. The van der Waals surface area contributed by atoms with E-state index in [0.29, 0.717) is 5.56 Å². The number of alkyl halides is 1. The maximum atomic E-state index is 11.8. The summed E-state index contributed by atoms with van der Waals surface area (Å²) >= 11 is 3.45. The van der Waals surface area contributed by atoms with E-state index in [4.69, 9.17) is 4.74 Å². The van der Waals surface area contributed by atoms with Crippen LogP contribution in [0.15, 0.2) is 60.7 Å². The highest BCUT2D eigenvalue weighted by Crippen LogP contribution is 2.26. The fourth-order valence-electron chi connectivity index (χ4n) is 1.84. The molecule has 0 aromatic heterocycles. The summed E-state index contributed by atoms with van der Waals surface area (Å²) in [6, 6.07) is 18.4. The van der Waals surface area contributed by atoms with Crippen LogP contribution in [0.4, 0.5) is 0 Å². The summed E-state index contributed by atoms with van der Waals surface area (Å²) in [4.78, 5) is 23.5. The fourth-order valence-corrected chi connectivity index (χ4v) is 2.41. The lowest BCUT2D eigenvalue weighted by Gasteiger charge is -2.09. The van der Waals surface area contributed by atoms with Gasteiger partial charge in [0.1, 0.15) is 0 Å². The van der Waals surface area contributed by atoms with Crippen LogP contribution in [0.1, 0.15) is 27.2 Å². The minimum absolute atomic E-state index is 0.113. The van der Waals surface area contributed by atoms with E-state index >= 15 is 0 Å². The predicted molar refractivity (Wildman–Crippen MR) is 84.5 cm³/mol. The average molecular weight is 347 g/mol. The molecular weight excluding hydrogens is 332 g/mol. The van der Waals surface area contributed by atoms with Crippen molar-refractivity contribution in [2.45, 2.75) is 11.2 Å². The van der Waals surface area contributed by atoms with Crippen molar-refractivity contribution >= 4 is 27.7 Å². The second-order valence-corrected chi connectivity index (χ2v) is 5.64.